The van der Waals surface area contributed by atoms with Gasteiger partial charge in [-0.2, -0.15) is 0 Å². The molecule has 178 valence electrons. The van der Waals surface area contributed by atoms with Crippen LogP contribution in [0.15, 0.2) is 24.3 Å². The molecule has 0 aliphatic heterocycles. The SMILES string of the molecule is CCC(OC(=O)c1ccc(N)cc1)C(=O)Nc1sc2c(c1C(=O)OC)CCC(C(C)(C)C)C2. The van der Waals surface area contributed by atoms with E-state index in [0.29, 0.717) is 27.7 Å². The van der Waals surface area contributed by atoms with Crippen LogP contribution < -0.4 is 11.1 Å². The van der Waals surface area contributed by atoms with Crippen molar-refractivity contribution in [3.63, 3.8) is 0 Å². The van der Waals surface area contributed by atoms with E-state index in [2.05, 4.69) is 26.1 Å². The maximum absolute atomic E-state index is 13.0. The minimum Gasteiger partial charge on any atom is -0.465 e. The third kappa shape index (κ3) is 5.55. The van der Waals surface area contributed by atoms with Crippen molar-refractivity contribution in [1.82, 2.24) is 0 Å². The molecule has 0 saturated heterocycles. The predicted octanol–water partition coefficient (Wildman–Crippen LogP) is 4.84. The predicted molar refractivity (Wildman–Crippen MR) is 130 cm³/mol. The fourth-order valence-electron chi connectivity index (χ4n) is 4.06. The molecule has 8 heteroatoms. The van der Waals surface area contributed by atoms with Gasteiger partial charge < -0.3 is 20.5 Å². The standard InChI is InChI=1S/C25H32N2O5S/c1-6-18(32-23(29)14-7-10-16(26)11-8-14)21(28)27-22-20(24(30)31-5)17-12-9-15(25(2,3)4)13-19(17)33-22/h7-8,10-11,15,18H,6,9,12-13,26H2,1-5H3,(H,27,28). The third-order valence-electron chi connectivity index (χ3n) is 6.18. The summed E-state index contributed by atoms with van der Waals surface area (Å²) in [6.07, 6.45) is 1.88. The van der Waals surface area contributed by atoms with Gasteiger partial charge in [-0.15, -0.1) is 11.3 Å². The molecule has 0 spiro atoms. The Morgan fingerprint density at radius 2 is 1.85 bits per heavy atom. The smallest absolute Gasteiger partial charge is 0.341 e. The second-order valence-corrected chi connectivity index (χ2v) is 10.5. The van der Waals surface area contributed by atoms with E-state index >= 15 is 0 Å². The summed E-state index contributed by atoms with van der Waals surface area (Å²) < 4.78 is 10.5. The second-order valence-electron chi connectivity index (χ2n) is 9.42. The molecule has 7 nitrogen and oxygen atoms in total. The molecule has 0 radical (unpaired) electrons. The number of hydrogen-bond donors (Lipinski definition) is 2. The molecule has 0 bridgehead atoms. The van der Waals surface area contributed by atoms with Crippen LogP contribution in [0.4, 0.5) is 10.7 Å². The van der Waals surface area contributed by atoms with Crippen LogP contribution in [0.2, 0.25) is 0 Å². The summed E-state index contributed by atoms with van der Waals surface area (Å²) in [5.41, 5.74) is 8.02. The molecule has 33 heavy (non-hydrogen) atoms. The highest BCUT2D eigenvalue weighted by atomic mass is 32.1. The third-order valence-corrected chi connectivity index (χ3v) is 7.34. The van der Waals surface area contributed by atoms with Crippen LogP contribution in [0, 0.1) is 11.3 Å². The van der Waals surface area contributed by atoms with Gasteiger partial charge in [-0.3, -0.25) is 4.79 Å². The second kappa shape index (κ2) is 9.95. The maximum atomic E-state index is 13.0. The van der Waals surface area contributed by atoms with Crippen molar-refractivity contribution in [2.75, 3.05) is 18.2 Å². The lowest BCUT2D eigenvalue weighted by atomic mass is 9.72. The van der Waals surface area contributed by atoms with Crippen LogP contribution in [-0.4, -0.2) is 31.1 Å². The summed E-state index contributed by atoms with van der Waals surface area (Å²) in [5, 5.41) is 3.29. The number of rotatable bonds is 6. The van der Waals surface area contributed by atoms with Gasteiger partial charge in [0.15, 0.2) is 6.10 Å². The van der Waals surface area contributed by atoms with Gasteiger partial charge >= 0.3 is 11.9 Å². The molecule has 2 atom stereocenters. The molecular weight excluding hydrogens is 440 g/mol. The number of nitrogens with one attached hydrogen (secondary N) is 1. The van der Waals surface area contributed by atoms with Crippen molar-refractivity contribution in [2.45, 2.75) is 59.5 Å². The number of hydrogen-bond acceptors (Lipinski definition) is 7. The highest BCUT2D eigenvalue weighted by Crippen LogP contribution is 2.44. The molecule has 1 aliphatic rings. The minimum atomic E-state index is -0.998. The number of carbonyl (C=O) groups excluding carboxylic acids is 3. The molecule has 1 aromatic carbocycles. The first-order chi connectivity index (χ1) is 15.5. The Balaban J connectivity index is 1.81. The van der Waals surface area contributed by atoms with Crippen molar-refractivity contribution >= 4 is 39.9 Å². The van der Waals surface area contributed by atoms with Crippen molar-refractivity contribution < 1.29 is 23.9 Å². The Bertz CT molecular complexity index is 1040. The first-order valence-electron chi connectivity index (χ1n) is 11.1. The molecule has 3 rings (SSSR count). The van der Waals surface area contributed by atoms with Gasteiger partial charge in [0.25, 0.3) is 5.91 Å². The molecule has 1 heterocycles. The molecule has 1 aliphatic carbocycles. The van der Waals surface area contributed by atoms with Crippen LogP contribution >= 0.6 is 11.3 Å². The Morgan fingerprint density at radius 1 is 1.18 bits per heavy atom. The van der Waals surface area contributed by atoms with Crippen molar-refractivity contribution in [1.29, 1.82) is 0 Å². The monoisotopic (exact) mass is 472 g/mol. The lowest BCUT2D eigenvalue weighted by molar-refractivity contribution is -0.124. The van der Waals surface area contributed by atoms with E-state index in [1.807, 2.05) is 0 Å². The Labute approximate surface area is 198 Å². The summed E-state index contributed by atoms with van der Waals surface area (Å²) in [6, 6.07) is 6.30. The summed E-state index contributed by atoms with van der Waals surface area (Å²) in [6.45, 7) is 8.43. The van der Waals surface area contributed by atoms with E-state index < -0.39 is 23.9 Å². The van der Waals surface area contributed by atoms with Crippen molar-refractivity contribution in [2.24, 2.45) is 11.3 Å². The molecule has 3 N–H and O–H groups in total. The Morgan fingerprint density at radius 3 is 2.42 bits per heavy atom. The minimum absolute atomic E-state index is 0.153. The molecule has 0 fully saturated rings. The normalized spacial score (nSPS) is 16.5. The van der Waals surface area contributed by atoms with Gasteiger partial charge in [-0.25, -0.2) is 9.59 Å². The Hall–Kier alpha value is -2.87. The molecule has 1 amide bonds. The van der Waals surface area contributed by atoms with Crippen LogP contribution in [0.5, 0.6) is 0 Å². The number of fused-ring (bicyclic) bond motifs is 1. The van der Waals surface area contributed by atoms with E-state index in [1.165, 1.54) is 18.4 Å². The van der Waals surface area contributed by atoms with Gasteiger partial charge in [0, 0.05) is 10.6 Å². The van der Waals surface area contributed by atoms with E-state index in [9.17, 15) is 14.4 Å². The average molecular weight is 473 g/mol. The zero-order chi connectivity index (χ0) is 24.3. The van der Waals surface area contributed by atoms with Gasteiger partial charge in [0.2, 0.25) is 0 Å². The number of nitrogen functional groups attached to an aromatic ring is 1. The molecule has 1 aromatic heterocycles. The summed E-state index contributed by atoms with van der Waals surface area (Å²) in [5.74, 6) is -1.06. The van der Waals surface area contributed by atoms with E-state index in [-0.39, 0.29) is 11.8 Å². The van der Waals surface area contributed by atoms with E-state index in [4.69, 9.17) is 15.2 Å². The number of carbonyl (C=O) groups is 3. The van der Waals surface area contributed by atoms with Crippen molar-refractivity contribution in [3.05, 3.63) is 45.8 Å². The summed E-state index contributed by atoms with van der Waals surface area (Å²) >= 11 is 1.41. The van der Waals surface area contributed by atoms with E-state index in [0.717, 1.165) is 29.7 Å². The van der Waals surface area contributed by atoms with Crippen LogP contribution in [0.1, 0.15) is 71.7 Å². The molecule has 2 aromatic rings. The lowest BCUT2D eigenvalue weighted by Gasteiger charge is -2.33. The number of thiophene rings is 1. The van der Waals surface area contributed by atoms with E-state index in [1.54, 1.807) is 31.2 Å². The topological polar surface area (TPSA) is 108 Å². The number of benzene rings is 1. The number of nitrogens with two attached hydrogens (primary N) is 1. The maximum Gasteiger partial charge on any atom is 0.341 e. The summed E-state index contributed by atoms with van der Waals surface area (Å²) in [7, 11) is 1.34. The highest BCUT2D eigenvalue weighted by molar-refractivity contribution is 7.17. The first-order valence-corrected chi connectivity index (χ1v) is 12.0. The molecule has 0 saturated carbocycles. The van der Waals surface area contributed by atoms with Gasteiger partial charge in [-0.05, 0) is 66.8 Å². The van der Waals surface area contributed by atoms with Crippen molar-refractivity contribution in [3.8, 4) is 0 Å². The quantitative estimate of drug-likeness (QED) is 0.460. The largest absolute Gasteiger partial charge is 0.465 e. The average Bonchev–Trinajstić information content (AvgIpc) is 3.13. The molecular formula is C25H32N2O5S. The fourth-order valence-corrected chi connectivity index (χ4v) is 5.38. The lowest BCUT2D eigenvalue weighted by Crippen LogP contribution is -2.32. The van der Waals surface area contributed by atoms with Crippen LogP contribution in [-0.2, 0) is 27.1 Å². The van der Waals surface area contributed by atoms with Gasteiger partial charge in [0.1, 0.15) is 5.00 Å². The van der Waals surface area contributed by atoms with Crippen LogP contribution in [0.3, 0.4) is 0 Å². The highest BCUT2D eigenvalue weighted by Gasteiger charge is 2.35. The number of methoxy groups -OCH3 is 1. The van der Waals surface area contributed by atoms with Gasteiger partial charge in [-0.1, -0.05) is 27.7 Å². The zero-order valence-electron chi connectivity index (χ0n) is 19.8. The number of amides is 1. The number of ether oxygens (including phenoxy) is 2. The van der Waals surface area contributed by atoms with Gasteiger partial charge in [0.05, 0.1) is 18.2 Å². The zero-order valence-corrected chi connectivity index (χ0v) is 20.6. The molecule has 2 unspecified atom stereocenters. The number of anilines is 2. The Kier molecular flexibility index (Phi) is 7.47. The summed E-state index contributed by atoms with van der Waals surface area (Å²) in [4.78, 5) is 39.2. The van der Waals surface area contributed by atoms with Crippen LogP contribution in [0.25, 0.3) is 0 Å². The first kappa shape index (κ1) is 24.8. The fraction of sp³-hybridized carbons (Fsp3) is 0.480. The number of esters is 2.